The highest BCUT2D eigenvalue weighted by Gasteiger charge is 2.24. The van der Waals surface area contributed by atoms with Crippen molar-refractivity contribution in [3.05, 3.63) is 28.8 Å². The van der Waals surface area contributed by atoms with Crippen LogP contribution in [0.5, 0.6) is 0 Å². The van der Waals surface area contributed by atoms with E-state index >= 15 is 0 Å². The van der Waals surface area contributed by atoms with Gasteiger partial charge < -0.3 is 10.6 Å². The molecule has 140 valence electrons. The molecule has 0 bridgehead atoms. The Morgan fingerprint density at radius 2 is 1.92 bits per heavy atom. The number of anilines is 2. The number of amides is 2. The first-order valence-electron chi connectivity index (χ1n) is 9.02. The molecule has 2 aromatic rings. The average Bonchev–Trinajstić information content (AvgIpc) is 3.26. The van der Waals surface area contributed by atoms with Gasteiger partial charge in [0.1, 0.15) is 5.82 Å². The molecular formula is C19H26N4O2S. The standard InChI is InChI=1S/C19H26N4O2S/c1-12-11-15(22-18(25)19(2,3)4)26-16(12)17(24)21-14-9-10-20-23(14)13-7-5-6-8-13/h9-11,13H,5-8H2,1-4H3,(H,21,24)(H,22,25). The van der Waals surface area contributed by atoms with Crippen LogP contribution in [-0.4, -0.2) is 21.6 Å². The zero-order valence-electron chi connectivity index (χ0n) is 15.8. The first-order chi connectivity index (χ1) is 12.3. The molecule has 0 aromatic carbocycles. The summed E-state index contributed by atoms with van der Waals surface area (Å²) in [6.45, 7) is 7.47. The van der Waals surface area contributed by atoms with Crippen molar-refractivity contribution >= 4 is 34.0 Å². The summed E-state index contributed by atoms with van der Waals surface area (Å²) < 4.78 is 1.93. The van der Waals surface area contributed by atoms with Crippen LogP contribution in [0.3, 0.4) is 0 Å². The van der Waals surface area contributed by atoms with Gasteiger partial charge in [-0.2, -0.15) is 5.10 Å². The highest BCUT2D eigenvalue weighted by atomic mass is 32.1. The van der Waals surface area contributed by atoms with Crippen molar-refractivity contribution in [2.45, 2.75) is 59.4 Å². The Kier molecular flexibility index (Phi) is 5.18. The fraction of sp³-hybridized carbons (Fsp3) is 0.526. The zero-order valence-corrected chi connectivity index (χ0v) is 16.6. The molecule has 26 heavy (non-hydrogen) atoms. The predicted molar refractivity (Wildman–Crippen MR) is 105 cm³/mol. The number of rotatable bonds is 4. The third kappa shape index (κ3) is 3.98. The Hall–Kier alpha value is -2.15. The van der Waals surface area contributed by atoms with E-state index in [1.54, 1.807) is 6.20 Å². The second-order valence-electron chi connectivity index (χ2n) is 7.88. The van der Waals surface area contributed by atoms with Gasteiger partial charge >= 0.3 is 0 Å². The predicted octanol–water partition coefficient (Wildman–Crippen LogP) is 4.61. The molecule has 2 amide bonds. The van der Waals surface area contributed by atoms with E-state index in [4.69, 9.17) is 0 Å². The second kappa shape index (κ2) is 7.23. The number of carbonyl (C=O) groups excluding carboxylic acids is 2. The Morgan fingerprint density at radius 3 is 2.58 bits per heavy atom. The third-order valence-corrected chi connectivity index (χ3v) is 5.78. The topological polar surface area (TPSA) is 76.0 Å². The van der Waals surface area contributed by atoms with E-state index in [-0.39, 0.29) is 11.8 Å². The van der Waals surface area contributed by atoms with Crippen molar-refractivity contribution in [2.75, 3.05) is 10.6 Å². The number of aromatic nitrogens is 2. The lowest BCUT2D eigenvalue weighted by atomic mass is 9.96. The third-order valence-electron chi connectivity index (χ3n) is 4.62. The Labute approximate surface area is 158 Å². The number of hydrogen-bond acceptors (Lipinski definition) is 4. The summed E-state index contributed by atoms with van der Waals surface area (Å²) in [5, 5.41) is 11.0. The first kappa shape index (κ1) is 18.6. The monoisotopic (exact) mass is 374 g/mol. The van der Waals surface area contributed by atoms with Gasteiger partial charge in [-0.25, -0.2) is 4.68 Å². The van der Waals surface area contributed by atoms with Gasteiger partial charge in [-0.1, -0.05) is 33.6 Å². The van der Waals surface area contributed by atoms with E-state index in [2.05, 4.69) is 15.7 Å². The SMILES string of the molecule is Cc1cc(NC(=O)C(C)(C)C)sc1C(=O)Nc1ccnn1C1CCCC1. The minimum atomic E-state index is -0.478. The van der Waals surface area contributed by atoms with E-state index in [9.17, 15) is 9.59 Å². The molecule has 2 heterocycles. The van der Waals surface area contributed by atoms with Gasteiger partial charge in [0.2, 0.25) is 5.91 Å². The smallest absolute Gasteiger partial charge is 0.267 e. The molecule has 6 nitrogen and oxygen atoms in total. The number of carbonyl (C=O) groups is 2. The molecule has 2 aromatic heterocycles. The number of hydrogen-bond donors (Lipinski definition) is 2. The van der Waals surface area contributed by atoms with Crippen LogP contribution < -0.4 is 10.6 Å². The lowest BCUT2D eigenvalue weighted by Gasteiger charge is -2.16. The summed E-state index contributed by atoms with van der Waals surface area (Å²) in [6.07, 6.45) is 6.35. The van der Waals surface area contributed by atoms with Crippen molar-refractivity contribution in [1.82, 2.24) is 9.78 Å². The summed E-state index contributed by atoms with van der Waals surface area (Å²) in [7, 11) is 0. The number of aryl methyl sites for hydroxylation is 1. The van der Waals surface area contributed by atoms with Gasteiger partial charge in [0.25, 0.3) is 5.91 Å². The Bertz CT molecular complexity index is 810. The van der Waals surface area contributed by atoms with Gasteiger partial charge in [-0.3, -0.25) is 9.59 Å². The van der Waals surface area contributed by atoms with Crippen LogP contribution in [0.15, 0.2) is 18.3 Å². The normalized spacial score (nSPS) is 15.2. The minimum absolute atomic E-state index is 0.0648. The summed E-state index contributed by atoms with van der Waals surface area (Å²) in [6, 6.07) is 4.05. The molecule has 3 rings (SSSR count). The highest BCUT2D eigenvalue weighted by molar-refractivity contribution is 7.18. The van der Waals surface area contributed by atoms with Crippen LogP contribution in [0.1, 0.15) is 67.7 Å². The Balaban J connectivity index is 1.73. The molecule has 0 spiro atoms. The Morgan fingerprint density at radius 1 is 1.23 bits per heavy atom. The van der Waals surface area contributed by atoms with Crippen LogP contribution in [0.4, 0.5) is 10.8 Å². The molecule has 1 aliphatic carbocycles. The average molecular weight is 375 g/mol. The zero-order chi connectivity index (χ0) is 18.9. The lowest BCUT2D eigenvalue weighted by Crippen LogP contribution is -2.27. The van der Waals surface area contributed by atoms with Crippen LogP contribution in [-0.2, 0) is 4.79 Å². The second-order valence-corrected chi connectivity index (χ2v) is 8.93. The van der Waals surface area contributed by atoms with E-state index in [1.807, 2.05) is 44.5 Å². The molecule has 7 heteroatoms. The number of nitrogens with zero attached hydrogens (tertiary/aromatic N) is 2. The van der Waals surface area contributed by atoms with Gasteiger partial charge in [0.05, 0.1) is 22.1 Å². The molecule has 1 saturated carbocycles. The van der Waals surface area contributed by atoms with Crippen LogP contribution in [0, 0.1) is 12.3 Å². The molecule has 0 radical (unpaired) electrons. The van der Waals surface area contributed by atoms with Crippen molar-refractivity contribution < 1.29 is 9.59 Å². The molecule has 0 saturated heterocycles. The van der Waals surface area contributed by atoms with Crippen molar-refractivity contribution in [3.63, 3.8) is 0 Å². The molecule has 1 fully saturated rings. The number of thiophene rings is 1. The van der Waals surface area contributed by atoms with E-state index < -0.39 is 5.41 Å². The van der Waals surface area contributed by atoms with Crippen LogP contribution in [0.2, 0.25) is 0 Å². The maximum atomic E-state index is 12.7. The van der Waals surface area contributed by atoms with E-state index in [0.717, 1.165) is 24.2 Å². The van der Waals surface area contributed by atoms with Crippen molar-refractivity contribution in [3.8, 4) is 0 Å². The van der Waals surface area contributed by atoms with Crippen LogP contribution >= 0.6 is 11.3 Å². The minimum Gasteiger partial charge on any atom is -0.317 e. The lowest BCUT2D eigenvalue weighted by molar-refractivity contribution is -0.123. The fourth-order valence-corrected chi connectivity index (χ4v) is 4.06. The summed E-state index contributed by atoms with van der Waals surface area (Å²) in [4.78, 5) is 25.5. The molecule has 2 N–H and O–H groups in total. The number of nitrogens with one attached hydrogen (secondary N) is 2. The molecule has 0 aliphatic heterocycles. The summed E-state index contributed by atoms with van der Waals surface area (Å²) in [5.74, 6) is 0.503. The van der Waals surface area contributed by atoms with E-state index in [0.29, 0.717) is 15.9 Å². The quantitative estimate of drug-likeness (QED) is 0.821. The highest BCUT2D eigenvalue weighted by Crippen LogP contribution is 2.32. The maximum absolute atomic E-state index is 12.7. The fourth-order valence-electron chi connectivity index (χ4n) is 3.09. The van der Waals surface area contributed by atoms with Crippen molar-refractivity contribution in [2.24, 2.45) is 5.41 Å². The first-order valence-corrected chi connectivity index (χ1v) is 9.84. The molecule has 0 unspecified atom stereocenters. The maximum Gasteiger partial charge on any atom is 0.267 e. The molecule has 0 atom stereocenters. The van der Waals surface area contributed by atoms with Gasteiger partial charge in [-0.15, -0.1) is 11.3 Å². The van der Waals surface area contributed by atoms with Gasteiger partial charge in [0.15, 0.2) is 0 Å². The summed E-state index contributed by atoms with van der Waals surface area (Å²) >= 11 is 1.30. The van der Waals surface area contributed by atoms with E-state index in [1.165, 1.54) is 24.2 Å². The largest absolute Gasteiger partial charge is 0.317 e. The molecular weight excluding hydrogens is 348 g/mol. The van der Waals surface area contributed by atoms with Gasteiger partial charge in [0, 0.05) is 11.5 Å². The van der Waals surface area contributed by atoms with Crippen molar-refractivity contribution in [1.29, 1.82) is 0 Å². The van der Waals surface area contributed by atoms with Crippen LogP contribution in [0.25, 0.3) is 0 Å². The summed E-state index contributed by atoms with van der Waals surface area (Å²) in [5.41, 5.74) is 0.373. The molecule has 1 aliphatic rings. The van der Waals surface area contributed by atoms with Gasteiger partial charge in [-0.05, 0) is 31.4 Å².